The fourth-order valence-corrected chi connectivity index (χ4v) is 4.76. The lowest BCUT2D eigenvalue weighted by Gasteiger charge is -2.42. The standard InChI is InChI=1S/C23H26F2N8O2/c1-34-22-21-16(14-2-3-19-20(10-14)32(9-6-24)30-28-19)4-8-33(21)29-23(27-22)26-18-5-7-31(11-17(18)25)15-12-35-13-15/h2-4,8,10,15,17-18H,5-7,9,11-13H2,1H3,(H,26,29)/t17-,18+/m0/s1/i1D3. The van der Waals surface area contributed by atoms with E-state index in [1.165, 1.54) is 9.20 Å². The summed E-state index contributed by atoms with van der Waals surface area (Å²) in [6.07, 6.45) is 1.02. The lowest BCUT2D eigenvalue weighted by Crippen LogP contribution is -2.57. The number of aromatic nitrogens is 6. The van der Waals surface area contributed by atoms with Gasteiger partial charge >= 0.3 is 0 Å². The number of aryl methyl sites for hydroxylation is 1. The number of rotatable bonds is 7. The first-order chi connectivity index (χ1) is 18.3. The minimum absolute atomic E-state index is 0.0605. The highest BCUT2D eigenvalue weighted by molar-refractivity contribution is 5.89. The van der Waals surface area contributed by atoms with E-state index in [0.717, 1.165) is 0 Å². The summed E-state index contributed by atoms with van der Waals surface area (Å²) in [6, 6.07) is 6.81. The van der Waals surface area contributed by atoms with Gasteiger partial charge in [0.25, 0.3) is 0 Å². The maximum absolute atomic E-state index is 15.0. The smallest absolute Gasteiger partial charge is 0.244 e. The summed E-state index contributed by atoms with van der Waals surface area (Å²) in [7, 11) is -2.78. The fourth-order valence-electron chi connectivity index (χ4n) is 4.76. The van der Waals surface area contributed by atoms with Crippen LogP contribution in [0.4, 0.5) is 14.7 Å². The van der Waals surface area contributed by atoms with Crippen LogP contribution in [0.2, 0.25) is 0 Å². The first-order valence-electron chi connectivity index (χ1n) is 13.0. The number of anilines is 1. The molecule has 35 heavy (non-hydrogen) atoms. The molecule has 4 aromatic rings. The molecular weight excluding hydrogens is 458 g/mol. The highest BCUT2D eigenvalue weighted by atomic mass is 19.1. The number of ether oxygens (including phenoxy) is 2. The van der Waals surface area contributed by atoms with Crippen LogP contribution in [0.15, 0.2) is 30.5 Å². The summed E-state index contributed by atoms with van der Waals surface area (Å²) < 4.78 is 64.4. The van der Waals surface area contributed by atoms with E-state index >= 15 is 4.39 Å². The third-order valence-corrected chi connectivity index (χ3v) is 6.72. The molecule has 2 saturated heterocycles. The van der Waals surface area contributed by atoms with Crippen molar-refractivity contribution in [2.45, 2.75) is 31.2 Å². The first kappa shape index (κ1) is 18.9. The number of piperidine rings is 1. The molecule has 2 aliphatic rings. The molecule has 12 heteroatoms. The molecule has 3 aromatic heterocycles. The molecule has 6 rings (SSSR count). The summed E-state index contributed by atoms with van der Waals surface area (Å²) in [6.45, 7) is 1.69. The minimum Gasteiger partial charge on any atom is -0.479 e. The number of fused-ring (bicyclic) bond motifs is 2. The SMILES string of the molecule is [2H]C([2H])([2H])Oc1nc(N[C@@H]2CCN(C3COC3)C[C@@H]2F)nn2ccc(-c3ccc4nnn(CCF)c4c3)c12. The van der Waals surface area contributed by atoms with Crippen LogP contribution in [0, 0.1) is 0 Å². The summed E-state index contributed by atoms with van der Waals surface area (Å²) >= 11 is 0. The second-order valence-electron chi connectivity index (χ2n) is 8.81. The Morgan fingerprint density at radius 1 is 1.31 bits per heavy atom. The van der Waals surface area contributed by atoms with Gasteiger partial charge in [0.1, 0.15) is 23.9 Å². The molecule has 0 radical (unpaired) electrons. The zero-order valence-electron chi connectivity index (χ0n) is 21.8. The summed E-state index contributed by atoms with van der Waals surface area (Å²) in [5.74, 6) is -0.106. The van der Waals surface area contributed by atoms with Gasteiger partial charge in [0.2, 0.25) is 11.8 Å². The zero-order valence-corrected chi connectivity index (χ0v) is 18.8. The monoisotopic (exact) mass is 487 g/mol. The Kier molecular flexibility index (Phi) is 4.86. The summed E-state index contributed by atoms with van der Waals surface area (Å²) in [5, 5.41) is 15.5. The molecule has 2 atom stereocenters. The lowest BCUT2D eigenvalue weighted by atomic mass is 10.0. The van der Waals surface area contributed by atoms with E-state index in [4.69, 9.17) is 13.6 Å². The van der Waals surface area contributed by atoms with Gasteiger partial charge in [-0.1, -0.05) is 11.3 Å². The number of methoxy groups -OCH3 is 1. The van der Waals surface area contributed by atoms with Gasteiger partial charge in [-0.2, -0.15) is 4.98 Å². The molecule has 2 fully saturated rings. The normalized spacial score (nSPS) is 23.1. The highest BCUT2D eigenvalue weighted by Gasteiger charge is 2.35. The minimum atomic E-state index is -2.78. The number of alkyl halides is 2. The van der Waals surface area contributed by atoms with Gasteiger partial charge in [0.05, 0.1) is 48.5 Å². The second kappa shape index (κ2) is 9.00. The van der Waals surface area contributed by atoms with Crippen molar-refractivity contribution in [3.05, 3.63) is 30.5 Å². The second-order valence-corrected chi connectivity index (χ2v) is 8.81. The maximum Gasteiger partial charge on any atom is 0.244 e. The van der Waals surface area contributed by atoms with Gasteiger partial charge in [-0.05, 0) is 30.2 Å². The Morgan fingerprint density at radius 3 is 3.00 bits per heavy atom. The van der Waals surface area contributed by atoms with Crippen molar-refractivity contribution >= 4 is 22.5 Å². The van der Waals surface area contributed by atoms with E-state index in [9.17, 15) is 4.39 Å². The van der Waals surface area contributed by atoms with Gasteiger partial charge in [0.15, 0.2) is 0 Å². The van der Waals surface area contributed by atoms with Crippen LogP contribution in [0.5, 0.6) is 5.88 Å². The predicted molar refractivity (Wildman–Crippen MR) is 125 cm³/mol. The molecule has 1 N–H and O–H groups in total. The van der Waals surface area contributed by atoms with E-state index in [-0.39, 0.29) is 31.0 Å². The Hall–Kier alpha value is -3.38. The van der Waals surface area contributed by atoms with E-state index < -0.39 is 25.9 Å². The quantitative estimate of drug-likeness (QED) is 0.425. The summed E-state index contributed by atoms with van der Waals surface area (Å²) in [4.78, 5) is 6.44. The van der Waals surface area contributed by atoms with Crippen LogP contribution in [0.25, 0.3) is 27.7 Å². The number of likely N-dealkylation sites (tertiary alicyclic amines) is 1. The fraction of sp³-hybridized carbons (Fsp3) is 0.478. The molecular formula is C23H26F2N8O2. The van der Waals surface area contributed by atoms with E-state index in [2.05, 4.69) is 30.6 Å². The molecule has 1 aromatic carbocycles. The summed E-state index contributed by atoms with van der Waals surface area (Å²) in [5.41, 5.74) is 2.85. The molecule has 2 aliphatic heterocycles. The van der Waals surface area contributed by atoms with Crippen molar-refractivity contribution in [2.24, 2.45) is 0 Å². The average molecular weight is 488 g/mol. The Balaban J connectivity index is 1.34. The number of halogens is 2. The van der Waals surface area contributed by atoms with E-state index in [0.29, 0.717) is 53.9 Å². The van der Waals surface area contributed by atoms with Crippen molar-refractivity contribution in [1.82, 2.24) is 34.5 Å². The van der Waals surface area contributed by atoms with Gasteiger partial charge in [-0.15, -0.1) is 10.2 Å². The maximum atomic E-state index is 15.0. The van der Waals surface area contributed by atoms with Gasteiger partial charge in [-0.3, -0.25) is 4.90 Å². The highest BCUT2D eigenvalue weighted by Crippen LogP contribution is 2.33. The Labute approximate surface area is 204 Å². The molecule has 0 aliphatic carbocycles. The van der Waals surface area contributed by atoms with Gasteiger partial charge < -0.3 is 14.8 Å². The van der Waals surface area contributed by atoms with E-state index in [1.807, 2.05) is 0 Å². The van der Waals surface area contributed by atoms with Crippen LogP contribution >= 0.6 is 0 Å². The van der Waals surface area contributed by atoms with Gasteiger partial charge in [-0.25, -0.2) is 18.0 Å². The van der Waals surface area contributed by atoms with Gasteiger partial charge in [0, 0.05) is 24.8 Å². The molecule has 0 saturated carbocycles. The molecule has 5 heterocycles. The Bertz CT molecular complexity index is 1460. The Morgan fingerprint density at radius 2 is 2.23 bits per heavy atom. The largest absolute Gasteiger partial charge is 0.479 e. The molecule has 0 spiro atoms. The lowest BCUT2D eigenvalue weighted by molar-refractivity contribution is -0.0794. The van der Waals surface area contributed by atoms with Crippen molar-refractivity contribution in [1.29, 1.82) is 0 Å². The average Bonchev–Trinajstić information content (AvgIpc) is 3.43. The molecule has 0 bridgehead atoms. The number of hydrogen-bond acceptors (Lipinski definition) is 8. The van der Waals surface area contributed by atoms with Crippen LogP contribution < -0.4 is 10.1 Å². The molecule has 10 nitrogen and oxygen atoms in total. The predicted octanol–water partition coefficient (Wildman–Crippen LogP) is 2.34. The molecule has 0 unspecified atom stereocenters. The number of hydrogen-bond donors (Lipinski definition) is 1. The number of nitrogens with zero attached hydrogens (tertiary/aromatic N) is 7. The number of benzene rings is 1. The number of nitrogens with one attached hydrogen (secondary N) is 1. The van der Waals surface area contributed by atoms with Crippen molar-refractivity contribution in [3.63, 3.8) is 0 Å². The van der Waals surface area contributed by atoms with E-state index in [1.54, 1.807) is 30.5 Å². The molecule has 184 valence electrons. The van der Waals surface area contributed by atoms with Crippen LogP contribution in [-0.2, 0) is 11.3 Å². The van der Waals surface area contributed by atoms with Crippen LogP contribution in [0.1, 0.15) is 10.5 Å². The van der Waals surface area contributed by atoms with Crippen molar-refractivity contribution in [3.8, 4) is 17.0 Å². The first-order valence-corrected chi connectivity index (χ1v) is 11.5. The topological polar surface area (TPSA) is 94.6 Å². The zero-order chi connectivity index (χ0) is 26.4. The molecule has 0 amide bonds. The third-order valence-electron chi connectivity index (χ3n) is 6.72. The van der Waals surface area contributed by atoms with Crippen LogP contribution in [0.3, 0.4) is 0 Å². The van der Waals surface area contributed by atoms with Crippen molar-refractivity contribution < 1.29 is 22.4 Å². The van der Waals surface area contributed by atoms with Crippen LogP contribution in [-0.4, -0.2) is 92.8 Å². The van der Waals surface area contributed by atoms with Crippen molar-refractivity contribution in [2.75, 3.05) is 45.3 Å². The third kappa shape index (κ3) is 3.96.